The Bertz CT molecular complexity index is 2710. The van der Waals surface area contributed by atoms with Gasteiger partial charge in [0.05, 0.1) is 7.05 Å². The maximum atomic E-state index is 6.96. The highest BCUT2D eigenvalue weighted by Crippen LogP contribution is 2.43. The fraction of sp³-hybridized carbons (Fsp3) is 0.170. The first-order chi connectivity index (χ1) is 24.8. The highest BCUT2D eigenvalue weighted by molar-refractivity contribution is 6.10. The summed E-state index contributed by atoms with van der Waals surface area (Å²) in [5, 5.41) is 3.29. The summed E-state index contributed by atoms with van der Waals surface area (Å²) in [4.78, 5) is 0. The molecule has 6 aromatic carbocycles. The van der Waals surface area contributed by atoms with Crippen LogP contribution in [0.3, 0.4) is 0 Å². The normalized spacial score (nSPS) is 12.1. The first-order valence-electron chi connectivity index (χ1n) is 18.0. The number of aromatic nitrogens is 2. The minimum atomic E-state index is 0.292. The molecule has 0 aliphatic carbocycles. The van der Waals surface area contributed by atoms with Crippen LogP contribution in [-0.4, -0.2) is 4.57 Å². The van der Waals surface area contributed by atoms with Crippen molar-refractivity contribution < 1.29 is 13.4 Å². The van der Waals surface area contributed by atoms with Crippen LogP contribution < -0.4 is 4.57 Å². The second kappa shape index (κ2) is 11.9. The third-order valence-corrected chi connectivity index (χ3v) is 10.5. The molecule has 51 heavy (non-hydrogen) atoms. The Balaban J connectivity index is 1.34. The van der Waals surface area contributed by atoms with Gasteiger partial charge < -0.3 is 8.83 Å². The maximum Gasteiger partial charge on any atom is 0.299 e. The number of rotatable bonds is 6. The van der Waals surface area contributed by atoms with E-state index >= 15 is 0 Å². The predicted octanol–water partition coefficient (Wildman–Crippen LogP) is 12.7. The molecule has 0 saturated carbocycles. The summed E-state index contributed by atoms with van der Waals surface area (Å²) in [7, 11) is 2.19. The number of para-hydroxylation sites is 3. The summed E-state index contributed by atoms with van der Waals surface area (Å²) in [6.07, 6.45) is 0. The first-order valence-corrected chi connectivity index (χ1v) is 18.0. The Morgan fingerprint density at radius 3 is 2.02 bits per heavy atom. The van der Waals surface area contributed by atoms with Crippen LogP contribution in [0.2, 0.25) is 0 Å². The molecule has 0 bridgehead atoms. The molecule has 0 unspecified atom stereocenters. The number of aryl methyl sites for hydroxylation is 2. The van der Waals surface area contributed by atoms with Gasteiger partial charge in [0.1, 0.15) is 28.2 Å². The van der Waals surface area contributed by atoms with Gasteiger partial charge in [-0.25, -0.2) is 4.57 Å². The van der Waals surface area contributed by atoms with Gasteiger partial charge >= 0.3 is 0 Å². The van der Waals surface area contributed by atoms with Crippen LogP contribution in [0.15, 0.2) is 136 Å². The zero-order valence-electron chi connectivity index (χ0n) is 30.0. The molecule has 0 radical (unpaired) electrons. The van der Waals surface area contributed by atoms with Gasteiger partial charge in [0.2, 0.25) is 0 Å². The number of benzene rings is 6. The lowest BCUT2D eigenvalue weighted by molar-refractivity contribution is -0.633. The molecule has 0 saturated heterocycles. The van der Waals surface area contributed by atoms with E-state index in [2.05, 4.69) is 160 Å². The molecule has 0 aliphatic rings. The van der Waals surface area contributed by atoms with Crippen LogP contribution in [0.4, 0.5) is 0 Å². The summed E-state index contributed by atoms with van der Waals surface area (Å²) in [5.74, 6) is 2.52. The fourth-order valence-electron chi connectivity index (χ4n) is 7.93. The van der Waals surface area contributed by atoms with Crippen LogP contribution in [0, 0.1) is 6.92 Å². The van der Waals surface area contributed by atoms with Crippen LogP contribution in [-0.2, 0) is 7.05 Å². The van der Waals surface area contributed by atoms with E-state index < -0.39 is 0 Å². The number of nitrogens with zero attached hydrogens (tertiary/aromatic N) is 2. The first kappa shape index (κ1) is 31.1. The minimum absolute atomic E-state index is 0.292. The smallest absolute Gasteiger partial charge is 0.299 e. The van der Waals surface area contributed by atoms with Crippen LogP contribution in [0.5, 0.6) is 0 Å². The van der Waals surface area contributed by atoms with Crippen molar-refractivity contribution in [3.05, 3.63) is 144 Å². The van der Waals surface area contributed by atoms with Gasteiger partial charge in [-0.05, 0) is 84.0 Å². The molecule has 3 aromatic heterocycles. The van der Waals surface area contributed by atoms with Crippen molar-refractivity contribution in [3.8, 4) is 39.5 Å². The number of fused-ring (bicyclic) bond motifs is 5. The topological polar surface area (TPSA) is 35.1 Å². The van der Waals surface area contributed by atoms with E-state index in [1.54, 1.807) is 0 Å². The largest absolute Gasteiger partial charge is 0.456 e. The van der Waals surface area contributed by atoms with Crippen molar-refractivity contribution in [1.29, 1.82) is 0 Å². The molecule has 4 nitrogen and oxygen atoms in total. The second-order valence-corrected chi connectivity index (χ2v) is 14.5. The van der Waals surface area contributed by atoms with E-state index in [1.807, 2.05) is 18.2 Å². The van der Waals surface area contributed by atoms with Gasteiger partial charge in [-0.2, -0.15) is 4.57 Å². The number of hydrogen-bond donors (Lipinski definition) is 0. The summed E-state index contributed by atoms with van der Waals surface area (Å²) in [5.41, 5.74) is 14.6. The van der Waals surface area contributed by atoms with Gasteiger partial charge in [-0.1, -0.05) is 107 Å². The lowest BCUT2D eigenvalue weighted by Crippen LogP contribution is -2.30. The Hall–Kier alpha value is -5.87. The standard InChI is InChI=1S/C47H41N2O2/c1-28(2)37-24-34(31-14-8-7-9-15-31)25-38(29(3)4)45(37)49-40-18-12-11-17-39(40)48(6)47(49)44-30(5)20-22-36-35-23-21-33(27-43(35)51-46(36)44)42-26-32-16-10-13-19-41(32)50-42/h7-29H,1-6H3/q+1. The Kier molecular flexibility index (Phi) is 7.25. The zero-order valence-corrected chi connectivity index (χ0v) is 30.0. The molecule has 9 rings (SSSR count). The minimum Gasteiger partial charge on any atom is -0.456 e. The summed E-state index contributed by atoms with van der Waals surface area (Å²) < 4.78 is 18.1. The third kappa shape index (κ3) is 4.92. The highest BCUT2D eigenvalue weighted by Gasteiger charge is 2.34. The molecule has 0 amide bonds. The molecular weight excluding hydrogens is 625 g/mol. The fourth-order valence-corrected chi connectivity index (χ4v) is 7.93. The van der Waals surface area contributed by atoms with Gasteiger partial charge in [-0.3, -0.25) is 0 Å². The van der Waals surface area contributed by atoms with Crippen molar-refractivity contribution >= 4 is 43.9 Å². The van der Waals surface area contributed by atoms with Gasteiger partial charge in [0.15, 0.2) is 16.6 Å². The van der Waals surface area contributed by atoms with Gasteiger partial charge in [-0.15, -0.1) is 0 Å². The molecule has 0 aliphatic heterocycles. The third-order valence-electron chi connectivity index (χ3n) is 10.5. The quantitative estimate of drug-likeness (QED) is 0.166. The Labute approximate surface area is 298 Å². The molecule has 4 heteroatoms. The number of hydrogen-bond acceptors (Lipinski definition) is 2. The van der Waals surface area contributed by atoms with Gasteiger partial charge in [0, 0.05) is 32.8 Å². The zero-order chi connectivity index (χ0) is 35.0. The van der Waals surface area contributed by atoms with Crippen LogP contribution in [0.25, 0.3) is 83.5 Å². The van der Waals surface area contributed by atoms with Crippen molar-refractivity contribution in [2.75, 3.05) is 0 Å². The molecule has 0 spiro atoms. The number of furan rings is 2. The number of imidazole rings is 1. The average molecular weight is 666 g/mol. The summed E-state index contributed by atoms with van der Waals surface area (Å²) >= 11 is 0. The lowest BCUT2D eigenvalue weighted by atomic mass is 9.88. The van der Waals surface area contributed by atoms with E-state index in [0.717, 1.165) is 61.2 Å². The predicted molar refractivity (Wildman–Crippen MR) is 211 cm³/mol. The van der Waals surface area contributed by atoms with E-state index in [9.17, 15) is 0 Å². The maximum absolute atomic E-state index is 6.96. The lowest BCUT2D eigenvalue weighted by Gasteiger charge is -2.21. The molecule has 3 heterocycles. The highest BCUT2D eigenvalue weighted by atomic mass is 16.3. The van der Waals surface area contributed by atoms with Crippen LogP contribution >= 0.6 is 0 Å². The van der Waals surface area contributed by atoms with Crippen LogP contribution in [0.1, 0.15) is 56.2 Å². The average Bonchev–Trinajstić information content (AvgIpc) is 3.83. The van der Waals surface area contributed by atoms with Crippen molar-refractivity contribution in [3.63, 3.8) is 0 Å². The van der Waals surface area contributed by atoms with E-state index in [1.165, 1.54) is 39.0 Å². The molecule has 9 aromatic rings. The molecule has 0 N–H and O–H groups in total. The molecule has 250 valence electrons. The SMILES string of the molecule is Cc1ccc2c(oc3cc(-c4cc5ccccc5o4)ccc32)c1-c1n(-c2c(C(C)C)cc(-c3ccccc3)cc2C(C)C)c2ccccc2[n+]1C. The monoisotopic (exact) mass is 665 g/mol. The van der Waals surface area contributed by atoms with E-state index in [0.29, 0.717) is 11.8 Å². The van der Waals surface area contributed by atoms with E-state index in [-0.39, 0.29) is 0 Å². The Morgan fingerprint density at radius 1 is 0.588 bits per heavy atom. The summed E-state index contributed by atoms with van der Waals surface area (Å²) in [6, 6.07) is 45.5. The molecule has 0 atom stereocenters. The summed E-state index contributed by atoms with van der Waals surface area (Å²) in [6.45, 7) is 11.5. The van der Waals surface area contributed by atoms with Crippen molar-refractivity contribution in [2.45, 2.75) is 46.5 Å². The Morgan fingerprint density at radius 2 is 1.27 bits per heavy atom. The molecular formula is C47H41N2O2+. The van der Waals surface area contributed by atoms with Crippen molar-refractivity contribution in [2.24, 2.45) is 7.05 Å². The molecule has 0 fully saturated rings. The second-order valence-electron chi connectivity index (χ2n) is 14.5. The van der Waals surface area contributed by atoms with Gasteiger partial charge in [0.25, 0.3) is 5.82 Å². The van der Waals surface area contributed by atoms with Crippen molar-refractivity contribution in [1.82, 2.24) is 4.57 Å². The van der Waals surface area contributed by atoms with E-state index in [4.69, 9.17) is 8.83 Å².